The van der Waals surface area contributed by atoms with Gasteiger partial charge in [-0.05, 0) is 52.1 Å². The number of ether oxygens (including phenoxy) is 1. The maximum Gasteiger partial charge on any atom is 0.327 e. The van der Waals surface area contributed by atoms with Gasteiger partial charge in [0.1, 0.15) is 5.54 Å². The summed E-state index contributed by atoms with van der Waals surface area (Å²) < 4.78 is 5.01. The number of piperidine rings is 1. The fraction of sp³-hybridized carbons (Fsp3) is 0.941. The van der Waals surface area contributed by atoms with E-state index in [2.05, 4.69) is 37.9 Å². The van der Waals surface area contributed by atoms with E-state index in [0.717, 1.165) is 19.6 Å². The normalized spacial score (nSPS) is 22.0. The van der Waals surface area contributed by atoms with Crippen molar-refractivity contribution >= 4 is 5.97 Å². The van der Waals surface area contributed by atoms with Gasteiger partial charge in [0.2, 0.25) is 0 Å². The van der Waals surface area contributed by atoms with Crippen LogP contribution in [0.1, 0.15) is 60.3 Å². The van der Waals surface area contributed by atoms with Crippen LogP contribution < -0.4 is 5.32 Å². The van der Waals surface area contributed by atoms with Crippen LogP contribution in [-0.2, 0) is 9.53 Å². The first-order valence-electron chi connectivity index (χ1n) is 8.39. The van der Waals surface area contributed by atoms with Crippen molar-refractivity contribution in [1.82, 2.24) is 10.2 Å². The van der Waals surface area contributed by atoms with E-state index in [-0.39, 0.29) is 12.0 Å². The van der Waals surface area contributed by atoms with Crippen LogP contribution in [0.3, 0.4) is 0 Å². The van der Waals surface area contributed by atoms with Gasteiger partial charge in [0.05, 0.1) is 7.11 Å². The number of esters is 1. The van der Waals surface area contributed by atoms with Crippen molar-refractivity contribution in [3.05, 3.63) is 0 Å². The molecule has 0 aliphatic carbocycles. The molecule has 1 saturated heterocycles. The van der Waals surface area contributed by atoms with Gasteiger partial charge in [-0.15, -0.1) is 0 Å². The Kier molecular flexibility index (Phi) is 6.67. The molecule has 1 aliphatic heterocycles. The van der Waals surface area contributed by atoms with Crippen LogP contribution in [0.4, 0.5) is 0 Å². The zero-order chi connectivity index (χ0) is 16.1. The third-order valence-corrected chi connectivity index (χ3v) is 5.20. The third kappa shape index (κ3) is 4.68. The van der Waals surface area contributed by atoms with Crippen LogP contribution in [-0.4, -0.2) is 49.2 Å². The van der Waals surface area contributed by atoms with E-state index in [9.17, 15) is 4.79 Å². The first kappa shape index (κ1) is 18.4. The average molecular weight is 298 g/mol. The molecule has 0 saturated carbocycles. The zero-order valence-corrected chi connectivity index (χ0v) is 14.8. The Morgan fingerprint density at radius 3 is 2.19 bits per heavy atom. The summed E-state index contributed by atoms with van der Waals surface area (Å²) in [5, 5.41) is 3.39. The summed E-state index contributed by atoms with van der Waals surface area (Å²) in [5.74, 6) is -0.168. The molecule has 1 rings (SSSR count). The van der Waals surface area contributed by atoms with Crippen molar-refractivity contribution in [2.24, 2.45) is 5.41 Å². The number of nitrogens with zero attached hydrogens (tertiary/aromatic N) is 1. The second kappa shape index (κ2) is 7.59. The SMILES string of the molecule is CCC1(CC)CCN(CC(C)(NC(C)C)C(=O)OC)CC1. The van der Waals surface area contributed by atoms with E-state index in [1.165, 1.54) is 32.8 Å². The maximum absolute atomic E-state index is 12.2. The van der Waals surface area contributed by atoms with Crippen LogP contribution >= 0.6 is 0 Å². The predicted octanol–water partition coefficient (Wildman–Crippen LogP) is 2.82. The van der Waals surface area contributed by atoms with Gasteiger partial charge >= 0.3 is 5.97 Å². The van der Waals surface area contributed by atoms with Gasteiger partial charge in [-0.1, -0.05) is 26.7 Å². The highest BCUT2D eigenvalue weighted by molar-refractivity contribution is 5.80. The molecule has 1 atom stereocenters. The molecule has 0 aromatic heterocycles. The molecule has 0 aromatic carbocycles. The van der Waals surface area contributed by atoms with E-state index >= 15 is 0 Å². The van der Waals surface area contributed by atoms with Crippen LogP contribution in [0.25, 0.3) is 0 Å². The van der Waals surface area contributed by atoms with Crippen molar-refractivity contribution < 1.29 is 9.53 Å². The molecule has 1 fully saturated rings. The number of hydrogen-bond acceptors (Lipinski definition) is 4. The molecule has 0 bridgehead atoms. The molecule has 0 spiro atoms. The number of carbonyl (C=O) groups is 1. The predicted molar refractivity (Wildman–Crippen MR) is 87.4 cm³/mol. The first-order valence-corrected chi connectivity index (χ1v) is 8.39. The molecule has 1 heterocycles. The molecule has 1 unspecified atom stereocenters. The fourth-order valence-electron chi connectivity index (χ4n) is 3.62. The minimum Gasteiger partial charge on any atom is -0.468 e. The molecule has 124 valence electrons. The molecule has 1 aliphatic rings. The minimum atomic E-state index is -0.624. The summed E-state index contributed by atoms with van der Waals surface area (Å²) in [6, 6.07) is 0.254. The summed E-state index contributed by atoms with van der Waals surface area (Å²) in [4.78, 5) is 14.6. The van der Waals surface area contributed by atoms with Gasteiger partial charge in [-0.2, -0.15) is 0 Å². The summed E-state index contributed by atoms with van der Waals surface area (Å²) in [6.45, 7) is 13.6. The quantitative estimate of drug-likeness (QED) is 0.734. The Bertz CT molecular complexity index is 330. The van der Waals surface area contributed by atoms with Gasteiger partial charge in [-0.3, -0.25) is 10.1 Å². The number of likely N-dealkylation sites (tertiary alicyclic amines) is 1. The topological polar surface area (TPSA) is 41.6 Å². The number of rotatable bonds is 7. The maximum atomic E-state index is 12.2. The van der Waals surface area contributed by atoms with E-state index < -0.39 is 5.54 Å². The Hall–Kier alpha value is -0.610. The Labute approximate surface area is 130 Å². The smallest absolute Gasteiger partial charge is 0.327 e. The second-order valence-electron chi connectivity index (χ2n) is 7.11. The van der Waals surface area contributed by atoms with Crippen molar-refractivity contribution in [1.29, 1.82) is 0 Å². The molecular formula is C17H34N2O2. The highest BCUT2D eigenvalue weighted by atomic mass is 16.5. The molecule has 4 nitrogen and oxygen atoms in total. The number of nitrogens with one attached hydrogen (secondary N) is 1. The van der Waals surface area contributed by atoms with Gasteiger partial charge in [-0.25, -0.2) is 0 Å². The molecule has 0 amide bonds. The lowest BCUT2D eigenvalue weighted by Crippen LogP contribution is -2.60. The average Bonchev–Trinajstić information content (AvgIpc) is 2.46. The summed E-state index contributed by atoms with van der Waals surface area (Å²) >= 11 is 0. The Morgan fingerprint density at radius 1 is 1.29 bits per heavy atom. The van der Waals surface area contributed by atoms with Gasteiger partial charge in [0.25, 0.3) is 0 Å². The lowest BCUT2D eigenvalue weighted by molar-refractivity contribution is -0.149. The second-order valence-corrected chi connectivity index (χ2v) is 7.11. The number of hydrogen-bond donors (Lipinski definition) is 1. The van der Waals surface area contributed by atoms with E-state index in [1.807, 2.05) is 6.92 Å². The molecule has 0 radical (unpaired) electrons. The lowest BCUT2D eigenvalue weighted by Gasteiger charge is -2.43. The lowest BCUT2D eigenvalue weighted by atomic mass is 9.74. The monoisotopic (exact) mass is 298 g/mol. The summed E-state index contributed by atoms with van der Waals surface area (Å²) in [6.07, 6.45) is 4.99. The minimum absolute atomic E-state index is 0.168. The molecule has 0 aromatic rings. The molecule has 1 N–H and O–H groups in total. The number of carbonyl (C=O) groups excluding carboxylic acids is 1. The first-order chi connectivity index (χ1) is 9.80. The van der Waals surface area contributed by atoms with E-state index in [0.29, 0.717) is 5.41 Å². The number of methoxy groups -OCH3 is 1. The summed E-state index contributed by atoms with van der Waals surface area (Å²) in [7, 11) is 1.47. The largest absolute Gasteiger partial charge is 0.468 e. The van der Waals surface area contributed by atoms with Crippen LogP contribution in [0.2, 0.25) is 0 Å². The van der Waals surface area contributed by atoms with Gasteiger partial charge in [0.15, 0.2) is 0 Å². The van der Waals surface area contributed by atoms with Crippen LogP contribution in [0, 0.1) is 5.41 Å². The van der Waals surface area contributed by atoms with Crippen molar-refractivity contribution in [2.75, 3.05) is 26.7 Å². The Morgan fingerprint density at radius 2 is 1.81 bits per heavy atom. The van der Waals surface area contributed by atoms with E-state index in [1.54, 1.807) is 0 Å². The zero-order valence-electron chi connectivity index (χ0n) is 14.8. The Balaban J connectivity index is 2.68. The summed E-state index contributed by atoms with van der Waals surface area (Å²) in [5.41, 5.74) is -0.106. The highest BCUT2D eigenvalue weighted by Crippen LogP contribution is 2.38. The van der Waals surface area contributed by atoms with Gasteiger partial charge < -0.3 is 9.64 Å². The fourth-order valence-corrected chi connectivity index (χ4v) is 3.62. The van der Waals surface area contributed by atoms with Crippen LogP contribution in [0.5, 0.6) is 0 Å². The molecule has 4 heteroatoms. The standard InChI is InChI=1S/C17H34N2O2/c1-7-17(8-2)9-11-19(12-10-17)13-16(5,15(20)21-6)18-14(3)4/h14,18H,7-13H2,1-6H3. The van der Waals surface area contributed by atoms with Crippen molar-refractivity contribution in [2.45, 2.75) is 71.9 Å². The molecular weight excluding hydrogens is 264 g/mol. The third-order valence-electron chi connectivity index (χ3n) is 5.20. The van der Waals surface area contributed by atoms with E-state index in [4.69, 9.17) is 4.74 Å². The van der Waals surface area contributed by atoms with Gasteiger partial charge in [0, 0.05) is 12.6 Å². The molecule has 21 heavy (non-hydrogen) atoms. The van der Waals surface area contributed by atoms with Crippen molar-refractivity contribution in [3.8, 4) is 0 Å². The highest BCUT2D eigenvalue weighted by Gasteiger charge is 2.39. The van der Waals surface area contributed by atoms with Crippen molar-refractivity contribution in [3.63, 3.8) is 0 Å². The van der Waals surface area contributed by atoms with Crippen LogP contribution in [0.15, 0.2) is 0 Å².